The molecule has 3 rings (SSSR count). The van der Waals surface area contributed by atoms with Crippen LogP contribution in [0.1, 0.15) is 13.3 Å². The van der Waals surface area contributed by atoms with Gasteiger partial charge in [-0.3, -0.25) is 18.7 Å². The fourth-order valence-corrected chi connectivity index (χ4v) is 3.43. The van der Waals surface area contributed by atoms with Crippen LogP contribution < -0.4 is 21.5 Å². The van der Waals surface area contributed by atoms with Crippen molar-refractivity contribution in [2.75, 3.05) is 39.4 Å². The van der Waals surface area contributed by atoms with Crippen molar-refractivity contribution in [3.05, 3.63) is 45.1 Å². The van der Waals surface area contributed by atoms with Crippen molar-refractivity contribution >= 4 is 16.8 Å². The predicted octanol–water partition coefficient (Wildman–Crippen LogP) is -1.40. The van der Waals surface area contributed by atoms with Crippen molar-refractivity contribution < 1.29 is 14.4 Å². The van der Waals surface area contributed by atoms with Crippen LogP contribution in [0, 0.1) is 0 Å². The molecule has 8 heteroatoms. The van der Waals surface area contributed by atoms with E-state index in [0.29, 0.717) is 30.4 Å². The second-order valence-electron chi connectivity index (χ2n) is 6.80. The van der Waals surface area contributed by atoms with Crippen molar-refractivity contribution in [2.45, 2.75) is 26.4 Å². The van der Waals surface area contributed by atoms with E-state index in [1.54, 1.807) is 24.3 Å². The van der Waals surface area contributed by atoms with E-state index in [0.717, 1.165) is 32.8 Å². The maximum Gasteiger partial charge on any atom is 0.331 e. The van der Waals surface area contributed by atoms with Crippen LogP contribution in [0.4, 0.5) is 0 Å². The Hall–Kier alpha value is -2.45. The van der Waals surface area contributed by atoms with Gasteiger partial charge in [-0.1, -0.05) is 19.1 Å². The third-order valence-electron chi connectivity index (χ3n) is 4.88. The molecule has 8 nitrogen and oxygen atoms in total. The number of amides is 1. The Morgan fingerprint density at radius 1 is 1.19 bits per heavy atom. The second kappa shape index (κ2) is 8.96. The fourth-order valence-electron chi connectivity index (χ4n) is 3.43. The normalized spacial score (nSPS) is 15.1. The first-order valence-electron chi connectivity index (χ1n) is 9.52. The van der Waals surface area contributed by atoms with Gasteiger partial charge in [-0.05, 0) is 18.6 Å². The molecule has 1 saturated heterocycles. The predicted molar refractivity (Wildman–Crippen MR) is 102 cm³/mol. The number of hydrogen-bond donors (Lipinski definition) is 2. The highest BCUT2D eigenvalue weighted by atomic mass is 16.5. The molecule has 1 aliphatic rings. The van der Waals surface area contributed by atoms with Gasteiger partial charge in [0.25, 0.3) is 5.56 Å². The van der Waals surface area contributed by atoms with Gasteiger partial charge in [0, 0.05) is 6.54 Å². The van der Waals surface area contributed by atoms with Crippen molar-refractivity contribution in [3.8, 4) is 0 Å². The minimum Gasteiger partial charge on any atom is -0.370 e. The summed E-state index contributed by atoms with van der Waals surface area (Å²) >= 11 is 0. The zero-order valence-electron chi connectivity index (χ0n) is 15.7. The average Bonchev–Trinajstić information content (AvgIpc) is 2.69. The Morgan fingerprint density at radius 2 is 1.93 bits per heavy atom. The number of carbonyl (C=O) groups is 1. The van der Waals surface area contributed by atoms with Crippen molar-refractivity contribution in [1.82, 2.24) is 14.5 Å². The number of morpholine rings is 1. The summed E-state index contributed by atoms with van der Waals surface area (Å²) < 4.78 is 7.93. The maximum absolute atomic E-state index is 12.8. The molecule has 0 atom stereocenters. The summed E-state index contributed by atoms with van der Waals surface area (Å²) in [6.07, 6.45) is 0.669. The molecule has 27 heavy (non-hydrogen) atoms. The van der Waals surface area contributed by atoms with Crippen LogP contribution in [0.5, 0.6) is 0 Å². The first-order chi connectivity index (χ1) is 13.1. The molecule has 0 saturated carbocycles. The summed E-state index contributed by atoms with van der Waals surface area (Å²) in [6.45, 7) is 6.94. The molecule has 1 amide bonds. The Kier molecular flexibility index (Phi) is 6.41. The molecule has 0 spiro atoms. The minimum absolute atomic E-state index is 0.0955. The summed E-state index contributed by atoms with van der Waals surface area (Å²) in [6, 6.07) is 6.93. The highest BCUT2D eigenvalue weighted by molar-refractivity contribution is 5.81. The molecule has 0 aliphatic carbocycles. The van der Waals surface area contributed by atoms with Gasteiger partial charge in [0.2, 0.25) is 5.91 Å². The van der Waals surface area contributed by atoms with E-state index < -0.39 is 5.69 Å². The zero-order valence-corrected chi connectivity index (χ0v) is 15.7. The van der Waals surface area contributed by atoms with Gasteiger partial charge in [-0.25, -0.2) is 4.79 Å². The van der Waals surface area contributed by atoms with Gasteiger partial charge in [-0.2, -0.15) is 0 Å². The van der Waals surface area contributed by atoms with Crippen LogP contribution in [-0.4, -0.2) is 54.4 Å². The molecule has 146 valence electrons. The first-order valence-corrected chi connectivity index (χ1v) is 9.52. The average molecular weight is 375 g/mol. The number of ether oxygens (including phenoxy) is 1. The van der Waals surface area contributed by atoms with Crippen molar-refractivity contribution in [1.29, 1.82) is 0 Å². The topological polar surface area (TPSA) is 86.8 Å². The number of para-hydroxylation sites is 1. The lowest BCUT2D eigenvalue weighted by molar-refractivity contribution is -0.906. The Morgan fingerprint density at radius 3 is 2.67 bits per heavy atom. The van der Waals surface area contributed by atoms with Crippen LogP contribution in [-0.2, 0) is 22.6 Å². The number of hydrogen-bond acceptors (Lipinski definition) is 4. The smallest absolute Gasteiger partial charge is 0.331 e. The summed E-state index contributed by atoms with van der Waals surface area (Å²) in [4.78, 5) is 39.2. The quantitative estimate of drug-likeness (QED) is 0.624. The summed E-state index contributed by atoms with van der Waals surface area (Å²) in [5.74, 6) is -0.225. The van der Waals surface area contributed by atoms with Gasteiger partial charge in [-0.15, -0.1) is 0 Å². The fraction of sp³-hybridized carbons (Fsp3) is 0.526. The summed E-state index contributed by atoms with van der Waals surface area (Å²) in [7, 11) is 0. The Labute approximate surface area is 157 Å². The summed E-state index contributed by atoms with van der Waals surface area (Å²) in [5, 5.41) is 3.34. The molecule has 2 heterocycles. The number of carbonyl (C=O) groups excluding carboxylic acids is 1. The van der Waals surface area contributed by atoms with E-state index in [2.05, 4.69) is 5.32 Å². The molecule has 1 aromatic carbocycles. The van der Waals surface area contributed by atoms with Crippen molar-refractivity contribution in [2.24, 2.45) is 0 Å². The molecule has 2 N–H and O–H groups in total. The monoisotopic (exact) mass is 375 g/mol. The number of nitrogens with zero attached hydrogens (tertiary/aromatic N) is 2. The Bertz CT molecular complexity index is 912. The van der Waals surface area contributed by atoms with Crippen LogP contribution in [0.25, 0.3) is 10.9 Å². The third-order valence-corrected chi connectivity index (χ3v) is 4.88. The van der Waals surface area contributed by atoms with Crippen LogP contribution in [0.15, 0.2) is 33.9 Å². The van der Waals surface area contributed by atoms with Gasteiger partial charge in [0.1, 0.15) is 19.6 Å². The van der Waals surface area contributed by atoms with E-state index in [1.807, 2.05) is 6.92 Å². The molecule has 2 aromatic rings. The number of aromatic nitrogens is 2. The molecule has 1 aliphatic heterocycles. The largest absolute Gasteiger partial charge is 0.370 e. The van der Waals surface area contributed by atoms with Gasteiger partial charge in [0.15, 0.2) is 0 Å². The highest BCUT2D eigenvalue weighted by Crippen LogP contribution is 2.07. The van der Waals surface area contributed by atoms with Crippen LogP contribution >= 0.6 is 0 Å². The molecule has 0 bridgehead atoms. The van der Waals surface area contributed by atoms with Gasteiger partial charge >= 0.3 is 5.69 Å². The van der Waals surface area contributed by atoms with E-state index in [9.17, 15) is 14.4 Å². The molecule has 0 unspecified atom stereocenters. The zero-order chi connectivity index (χ0) is 19.2. The van der Waals surface area contributed by atoms with Gasteiger partial charge < -0.3 is 15.0 Å². The Balaban J connectivity index is 1.76. The number of benzene rings is 1. The highest BCUT2D eigenvalue weighted by Gasteiger charge is 2.16. The maximum atomic E-state index is 12.8. The van der Waals surface area contributed by atoms with Crippen molar-refractivity contribution in [3.63, 3.8) is 0 Å². The minimum atomic E-state index is -0.436. The lowest BCUT2D eigenvalue weighted by atomic mass is 10.2. The van der Waals surface area contributed by atoms with E-state index in [-0.39, 0.29) is 18.0 Å². The number of rotatable bonds is 7. The summed E-state index contributed by atoms with van der Waals surface area (Å²) in [5.41, 5.74) is -0.242. The number of quaternary nitrogens is 1. The molecular formula is C19H27N4O4+. The molecule has 1 aromatic heterocycles. The lowest BCUT2D eigenvalue weighted by Crippen LogP contribution is -3.14. The van der Waals surface area contributed by atoms with Crippen LogP contribution in [0.3, 0.4) is 0 Å². The SMILES string of the molecule is CCCn1c(=O)c2ccccc2n(CC(=O)NCC[NH+]2CCOCC2)c1=O. The molecule has 0 radical (unpaired) electrons. The van der Waals surface area contributed by atoms with E-state index in [1.165, 1.54) is 14.0 Å². The standard InChI is InChI=1S/C19H26N4O4/c1-2-8-22-18(25)15-5-3-4-6-16(15)23(19(22)26)14-17(24)20-7-9-21-10-12-27-13-11-21/h3-6H,2,7-14H2,1H3,(H,20,24)/p+1. The number of fused-ring (bicyclic) bond motifs is 1. The molecular weight excluding hydrogens is 348 g/mol. The second-order valence-corrected chi connectivity index (χ2v) is 6.80. The first kappa shape index (κ1) is 19.3. The third kappa shape index (κ3) is 4.45. The van der Waals surface area contributed by atoms with E-state index in [4.69, 9.17) is 4.74 Å². The lowest BCUT2D eigenvalue weighted by Gasteiger charge is -2.23. The molecule has 1 fully saturated rings. The van der Waals surface area contributed by atoms with E-state index >= 15 is 0 Å². The van der Waals surface area contributed by atoms with Gasteiger partial charge in [0.05, 0.1) is 37.2 Å². The number of nitrogens with one attached hydrogen (secondary N) is 2. The van der Waals surface area contributed by atoms with Crippen LogP contribution in [0.2, 0.25) is 0 Å².